The predicted molar refractivity (Wildman–Crippen MR) is 75.1 cm³/mol. The number of nitrogens with one attached hydrogen (secondary N) is 1. The maximum Gasteiger partial charge on any atom is 0.157 e. The fraction of sp³-hybridized carbons (Fsp3) is 0.500. The molecule has 1 atom stereocenters. The molecular weight excluding hydrogens is 250 g/mol. The average molecular weight is 268 g/mol. The van der Waals surface area contributed by atoms with Crippen LogP contribution in [0.25, 0.3) is 10.9 Å². The van der Waals surface area contributed by atoms with Crippen molar-refractivity contribution in [3.63, 3.8) is 0 Å². The summed E-state index contributed by atoms with van der Waals surface area (Å²) in [6.45, 7) is 5.52. The normalized spacial score (nSPS) is 12.9. The van der Waals surface area contributed by atoms with Gasteiger partial charge in [0.1, 0.15) is 5.15 Å². The summed E-state index contributed by atoms with van der Waals surface area (Å²) in [4.78, 5) is 4.12. The van der Waals surface area contributed by atoms with Gasteiger partial charge in [0, 0.05) is 31.4 Å². The van der Waals surface area contributed by atoms with Crippen LogP contribution in [0.1, 0.15) is 26.3 Å². The quantitative estimate of drug-likeness (QED) is 0.817. The minimum atomic E-state index is 0.319. The highest BCUT2D eigenvalue weighted by atomic mass is 35.5. The minimum Gasteiger partial charge on any atom is -0.367 e. The minimum absolute atomic E-state index is 0.319. The third-order valence-corrected chi connectivity index (χ3v) is 3.21. The highest BCUT2D eigenvalue weighted by Crippen LogP contribution is 2.27. The summed E-state index contributed by atoms with van der Waals surface area (Å²) in [5.41, 5.74) is 6.51. The lowest BCUT2D eigenvalue weighted by Gasteiger charge is -2.10. The van der Waals surface area contributed by atoms with Crippen LogP contribution in [-0.4, -0.2) is 27.9 Å². The van der Waals surface area contributed by atoms with Gasteiger partial charge in [-0.05, 0) is 13.3 Å². The van der Waals surface area contributed by atoms with Crippen LogP contribution < -0.4 is 11.1 Å². The predicted octanol–water partition coefficient (Wildman–Crippen LogP) is 2.43. The first kappa shape index (κ1) is 13.1. The van der Waals surface area contributed by atoms with Gasteiger partial charge in [-0.2, -0.15) is 5.10 Å². The summed E-state index contributed by atoms with van der Waals surface area (Å²) >= 11 is 5.96. The Labute approximate surface area is 111 Å². The van der Waals surface area contributed by atoms with Crippen molar-refractivity contribution in [3.8, 4) is 0 Å². The summed E-state index contributed by atoms with van der Waals surface area (Å²) in [5, 5.41) is 9.27. The number of rotatable bonds is 5. The fourth-order valence-electron chi connectivity index (χ4n) is 1.84. The maximum absolute atomic E-state index is 5.96. The van der Waals surface area contributed by atoms with E-state index in [4.69, 9.17) is 17.3 Å². The van der Waals surface area contributed by atoms with E-state index in [0.717, 1.165) is 23.1 Å². The zero-order valence-corrected chi connectivity index (χ0v) is 11.4. The summed E-state index contributed by atoms with van der Waals surface area (Å²) in [6, 6.07) is 2.17. The van der Waals surface area contributed by atoms with E-state index in [1.54, 1.807) is 6.20 Å². The molecule has 0 aliphatic carbocycles. The lowest BCUT2D eigenvalue weighted by molar-refractivity contribution is 0.494. The fourth-order valence-corrected chi connectivity index (χ4v) is 1.99. The molecule has 0 fully saturated rings. The highest BCUT2D eigenvalue weighted by Gasteiger charge is 2.14. The topological polar surface area (TPSA) is 68.8 Å². The molecule has 0 aliphatic heterocycles. The van der Waals surface area contributed by atoms with E-state index in [2.05, 4.69) is 29.2 Å². The second-order valence-corrected chi connectivity index (χ2v) is 4.68. The molecule has 0 saturated carbocycles. The number of fused-ring (bicyclic) bond motifs is 1. The Hall–Kier alpha value is -1.33. The molecule has 98 valence electrons. The van der Waals surface area contributed by atoms with Crippen LogP contribution in [-0.2, 0) is 0 Å². The van der Waals surface area contributed by atoms with Crippen LogP contribution in [0, 0.1) is 0 Å². The zero-order chi connectivity index (χ0) is 13.1. The second-order valence-electron chi connectivity index (χ2n) is 4.29. The van der Waals surface area contributed by atoms with Crippen molar-refractivity contribution in [3.05, 3.63) is 17.4 Å². The molecule has 0 aliphatic rings. The molecule has 5 nitrogen and oxygen atoms in total. The van der Waals surface area contributed by atoms with Crippen LogP contribution in [0.4, 0.5) is 5.82 Å². The first-order chi connectivity index (χ1) is 8.67. The van der Waals surface area contributed by atoms with Crippen LogP contribution in [0.15, 0.2) is 12.3 Å². The third kappa shape index (κ3) is 2.42. The van der Waals surface area contributed by atoms with E-state index in [1.807, 2.05) is 10.7 Å². The van der Waals surface area contributed by atoms with Gasteiger partial charge in [0.15, 0.2) is 5.82 Å². The zero-order valence-electron chi connectivity index (χ0n) is 10.7. The van der Waals surface area contributed by atoms with Gasteiger partial charge in [-0.1, -0.05) is 18.5 Å². The van der Waals surface area contributed by atoms with E-state index < -0.39 is 0 Å². The van der Waals surface area contributed by atoms with Gasteiger partial charge in [-0.15, -0.1) is 0 Å². The van der Waals surface area contributed by atoms with Gasteiger partial charge in [0.25, 0.3) is 0 Å². The number of pyridine rings is 1. The Balaban J connectivity index is 2.52. The molecule has 0 saturated heterocycles. The molecule has 1 unspecified atom stereocenters. The molecule has 0 spiro atoms. The van der Waals surface area contributed by atoms with Crippen molar-refractivity contribution in [2.24, 2.45) is 5.73 Å². The number of aromatic nitrogens is 3. The SMILES string of the molecule is CCC(C)n1nc(NCCN)c2cnc(Cl)cc21. The smallest absolute Gasteiger partial charge is 0.157 e. The Morgan fingerprint density at radius 1 is 1.56 bits per heavy atom. The lowest BCUT2D eigenvalue weighted by atomic mass is 10.2. The van der Waals surface area contributed by atoms with Gasteiger partial charge < -0.3 is 11.1 Å². The summed E-state index contributed by atoms with van der Waals surface area (Å²) in [6.07, 6.45) is 2.76. The second kappa shape index (κ2) is 5.54. The molecule has 0 aromatic carbocycles. The van der Waals surface area contributed by atoms with Crippen LogP contribution in [0.2, 0.25) is 5.15 Å². The lowest BCUT2D eigenvalue weighted by Crippen LogP contribution is -2.14. The van der Waals surface area contributed by atoms with Crippen LogP contribution in [0.3, 0.4) is 0 Å². The van der Waals surface area contributed by atoms with Gasteiger partial charge >= 0.3 is 0 Å². The Bertz CT molecular complexity index is 536. The Morgan fingerprint density at radius 2 is 2.33 bits per heavy atom. The van der Waals surface area contributed by atoms with E-state index in [0.29, 0.717) is 24.3 Å². The molecule has 18 heavy (non-hydrogen) atoms. The number of hydrogen-bond acceptors (Lipinski definition) is 4. The summed E-state index contributed by atoms with van der Waals surface area (Å²) < 4.78 is 1.99. The van der Waals surface area contributed by atoms with E-state index in [1.165, 1.54) is 0 Å². The summed E-state index contributed by atoms with van der Waals surface area (Å²) in [7, 11) is 0. The molecule has 2 aromatic rings. The molecule has 2 rings (SSSR count). The van der Waals surface area contributed by atoms with Gasteiger partial charge in [-0.25, -0.2) is 4.98 Å². The average Bonchev–Trinajstić information content (AvgIpc) is 2.73. The molecule has 6 heteroatoms. The third-order valence-electron chi connectivity index (χ3n) is 3.00. The number of halogens is 1. The number of anilines is 1. The largest absolute Gasteiger partial charge is 0.367 e. The van der Waals surface area contributed by atoms with Gasteiger partial charge in [0.2, 0.25) is 0 Å². The van der Waals surface area contributed by atoms with Crippen molar-refractivity contribution in [1.29, 1.82) is 0 Å². The molecule has 2 aromatic heterocycles. The highest BCUT2D eigenvalue weighted by molar-refractivity contribution is 6.30. The van der Waals surface area contributed by atoms with Crippen molar-refractivity contribution in [2.45, 2.75) is 26.3 Å². The molecule has 0 amide bonds. The maximum atomic E-state index is 5.96. The monoisotopic (exact) mass is 267 g/mol. The van der Waals surface area contributed by atoms with Gasteiger partial charge in [0.05, 0.1) is 10.9 Å². The molecule has 2 heterocycles. The molecule has 0 bridgehead atoms. The number of nitrogens with two attached hydrogens (primary N) is 1. The van der Waals surface area contributed by atoms with Crippen molar-refractivity contribution in [1.82, 2.24) is 14.8 Å². The number of nitrogens with zero attached hydrogens (tertiary/aromatic N) is 3. The molecule has 3 N–H and O–H groups in total. The summed E-state index contributed by atoms with van der Waals surface area (Å²) in [5.74, 6) is 0.819. The van der Waals surface area contributed by atoms with Gasteiger partial charge in [-0.3, -0.25) is 4.68 Å². The van der Waals surface area contributed by atoms with Crippen molar-refractivity contribution in [2.75, 3.05) is 18.4 Å². The van der Waals surface area contributed by atoms with Crippen LogP contribution in [0.5, 0.6) is 0 Å². The van der Waals surface area contributed by atoms with Crippen LogP contribution >= 0.6 is 11.6 Å². The molecule has 0 radical (unpaired) electrons. The van der Waals surface area contributed by atoms with E-state index in [9.17, 15) is 0 Å². The molecular formula is C12H18ClN5. The number of hydrogen-bond donors (Lipinski definition) is 2. The standard InChI is InChI=1S/C12H18ClN5/c1-3-8(2)18-10-6-11(13)16-7-9(10)12(17-18)15-5-4-14/h6-8H,3-5,14H2,1-2H3,(H,15,17). The van der Waals surface area contributed by atoms with Crippen molar-refractivity contribution >= 4 is 28.3 Å². The van der Waals surface area contributed by atoms with E-state index >= 15 is 0 Å². The Kier molecular flexibility index (Phi) is 4.04. The van der Waals surface area contributed by atoms with Crippen molar-refractivity contribution < 1.29 is 0 Å². The first-order valence-electron chi connectivity index (χ1n) is 6.15. The first-order valence-corrected chi connectivity index (χ1v) is 6.52. The Morgan fingerprint density at radius 3 is 3.00 bits per heavy atom. The van der Waals surface area contributed by atoms with E-state index in [-0.39, 0.29) is 0 Å².